The summed E-state index contributed by atoms with van der Waals surface area (Å²) < 4.78 is 5.05. The Bertz CT molecular complexity index is 157. The Kier molecular flexibility index (Phi) is 3.31. The molecule has 2 N–H and O–H groups in total. The molecule has 0 aromatic heterocycles. The Morgan fingerprint density at radius 3 is 2.58 bits per heavy atom. The molecular weight excluding hydrogens is 160 g/mol. The van der Waals surface area contributed by atoms with Gasteiger partial charge in [0.25, 0.3) is 0 Å². The van der Waals surface area contributed by atoms with E-state index in [1.54, 1.807) is 7.11 Å². The number of rotatable bonds is 3. The maximum absolute atomic E-state index is 10.9. The lowest BCUT2D eigenvalue weighted by Crippen LogP contribution is -2.50. The van der Waals surface area contributed by atoms with Crippen LogP contribution in [0.15, 0.2) is 0 Å². The van der Waals surface area contributed by atoms with E-state index in [0.29, 0.717) is 6.10 Å². The van der Waals surface area contributed by atoms with Crippen LogP contribution in [0.5, 0.6) is 0 Å². The molecular formula is C7H14N2O3. The predicted octanol–water partition coefficient (Wildman–Crippen LogP) is 0.0244. The predicted molar refractivity (Wildman–Crippen MR) is 42.5 cm³/mol. The number of carbonyl (C=O) groups is 1. The van der Waals surface area contributed by atoms with E-state index in [1.165, 1.54) is 7.11 Å². The van der Waals surface area contributed by atoms with Gasteiger partial charge >= 0.3 is 6.03 Å². The van der Waals surface area contributed by atoms with Gasteiger partial charge in [0, 0.05) is 13.2 Å². The first-order chi connectivity index (χ1) is 5.76. The number of nitrogens with one attached hydrogen (secondary N) is 2. The molecule has 12 heavy (non-hydrogen) atoms. The maximum atomic E-state index is 10.9. The Morgan fingerprint density at radius 2 is 2.08 bits per heavy atom. The lowest BCUT2D eigenvalue weighted by Gasteiger charge is -2.34. The minimum absolute atomic E-state index is 0.227. The molecule has 1 fully saturated rings. The van der Waals surface area contributed by atoms with Crippen molar-refractivity contribution in [2.24, 2.45) is 0 Å². The quantitative estimate of drug-likeness (QED) is 0.593. The number of hydrogen-bond acceptors (Lipinski definition) is 3. The van der Waals surface area contributed by atoms with Crippen LogP contribution in [0.3, 0.4) is 0 Å². The second kappa shape index (κ2) is 4.27. The number of ether oxygens (including phenoxy) is 1. The summed E-state index contributed by atoms with van der Waals surface area (Å²) >= 11 is 0. The van der Waals surface area contributed by atoms with Gasteiger partial charge in [-0.15, -0.1) is 0 Å². The average Bonchev–Trinajstić information content (AvgIpc) is 1.96. The summed E-state index contributed by atoms with van der Waals surface area (Å²) in [5.74, 6) is 0. The fourth-order valence-corrected chi connectivity index (χ4v) is 1.18. The first-order valence-corrected chi connectivity index (χ1v) is 3.88. The van der Waals surface area contributed by atoms with Gasteiger partial charge in [0.05, 0.1) is 13.2 Å². The van der Waals surface area contributed by atoms with Crippen LogP contribution in [0.2, 0.25) is 0 Å². The largest absolute Gasteiger partial charge is 0.381 e. The molecule has 0 radical (unpaired) electrons. The Balaban J connectivity index is 2.06. The molecule has 0 aromatic rings. The van der Waals surface area contributed by atoms with Gasteiger partial charge in [0.15, 0.2) is 0 Å². The summed E-state index contributed by atoms with van der Waals surface area (Å²) in [5, 5.41) is 2.73. The summed E-state index contributed by atoms with van der Waals surface area (Å²) in [6.07, 6.45) is 2.07. The molecule has 1 aliphatic carbocycles. The van der Waals surface area contributed by atoms with Crippen LogP contribution >= 0.6 is 0 Å². The Labute approximate surface area is 71.4 Å². The SMILES string of the molecule is CONC(=O)NC1CC(OC)C1. The molecule has 5 heteroatoms. The molecule has 0 spiro atoms. The number of hydroxylamine groups is 1. The van der Waals surface area contributed by atoms with Gasteiger partial charge in [-0.1, -0.05) is 0 Å². The molecule has 1 rings (SSSR count). The molecule has 0 unspecified atom stereocenters. The highest BCUT2D eigenvalue weighted by molar-refractivity contribution is 5.73. The molecule has 0 bridgehead atoms. The van der Waals surface area contributed by atoms with Gasteiger partial charge in [-0.3, -0.25) is 4.84 Å². The summed E-state index contributed by atoms with van der Waals surface area (Å²) in [7, 11) is 3.08. The van der Waals surface area contributed by atoms with Crippen molar-refractivity contribution in [1.82, 2.24) is 10.8 Å². The first-order valence-electron chi connectivity index (χ1n) is 3.88. The van der Waals surface area contributed by atoms with E-state index >= 15 is 0 Å². The molecule has 1 aliphatic rings. The van der Waals surface area contributed by atoms with Crippen LogP contribution in [0, 0.1) is 0 Å². The summed E-state index contributed by atoms with van der Waals surface area (Å²) in [4.78, 5) is 15.3. The molecule has 0 aliphatic heterocycles. The third-order valence-electron chi connectivity index (χ3n) is 1.96. The standard InChI is InChI=1S/C7H14N2O3/c1-11-6-3-5(4-6)8-7(10)9-12-2/h5-6H,3-4H2,1-2H3,(H2,8,9,10). The summed E-state index contributed by atoms with van der Waals surface area (Å²) in [6, 6.07) is -0.0675. The Morgan fingerprint density at radius 1 is 1.42 bits per heavy atom. The van der Waals surface area contributed by atoms with Crippen molar-refractivity contribution in [2.45, 2.75) is 25.0 Å². The van der Waals surface area contributed by atoms with Gasteiger partial charge in [0.1, 0.15) is 0 Å². The molecule has 70 valence electrons. The number of methoxy groups -OCH3 is 1. The van der Waals surface area contributed by atoms with E-state index in [9.17, 15) is 4.79 Å². The fraction of sp³-hybridized carbons (Fsp3) is 0.857. The van der Waals surface area contributed by atoms with Crippen molar-refractivity contribution < 1.29 is 14.4 Å². The molecule has 0 atom stereocenters. The molecule has 0 heterocycles. The Hall–Kier alpha value is -0.810. The van der Waals surface area contributed by atoms with E-state index < -0.39 is 0 Å². The third-order valence-corrected chi connectivity index (χ3v) is 1.96. The van der Waals surface area contributed by atoms with Gasteiger partial charge in [0.2, 0.25) is 0 Å². The van der Waals surface area contributed by atoms with Gasteiger partial charge in [-0.05, 0) is 12.8 Å². The van der Waals surface area contributed by atoms with E-state index in [2.05, 4.69) is 15.6 Å². The lowest BCUT2D eigenvalue weighted by atomic mass is 9.89. The minimum Gasteiger partial charge on any atom is -0.381 e. The maximum Gasteiger partial charge on any atom is 0.338 e. The number of hydrogen-bond donors (Lipinski definition) is 2. The summed E-state index contributed by atoms with van der Waals surface area (Å²) in [6.45, 7) is 0. The highest BCUT2D eigenvalue weighted by atomic mass is 16.6. The average molecular weight is 174 g/mol. The van der Waals surface area contributed by atoms with Crippen LogP contribution in [-0.4, -0.2) is 32.4 Å². The van der Waals surface area contributed by atoms with E-state index in [4.69, 9.17) is 4.74 Å². The fourth-order valence-electron chi connectivity index (χ4n) is 1.18. The van der Waals surface area contributed by atoms with Crippen molar-refractivity contribution >= 4 is 6.03 Å². The van der Waals surface area contributed by atoms with Crippen molar-refractivity contribution in [3.63, 3.8) is 0 Å². The van der Waals surface area contributed by atoms with Gasteiger partial charge in [-0.25, -0.2) is 10.3 Å². The number of urea groups is 1. The monoisotopic (exact) mass is 174 g/mol. The van der Waals surface area contributed by atoms with Gasteiger partial charge < -0.3 is 10.1 Å². The normalized spacial score (nSPS) is 27.5. The second-order valence-corrected chi connectivity index (χ2v) is 2.81. The zero-order chi connectivity index (χ0) is 8.97. The molecule has 0 aromatic carbocycles. The van der Waals surface area contributed by atoms with E-state index in [0.717, 1.165) is 12.8 Å². The zero-order valence-electron chi connectivity index (χ0n) is 7.29. The number of carbonyl (C=O) groups excluding carboxylic acids is 1. The van der Waals surface area contributed by atoms with Crippen molar-refractivity contribution in [2.75, 3.05) is 14.2 Å². The second-order valence-electron chi connectivity index (χ2n) is 2.81. The van der Waals surface area contributed by atoms with Crippen LogP contribution in [0.25, 0.3) is 0 Å². The number of amides is 2. The van der Waals surface area contributed by atoms with Crippen molar-refractivity contribution in [3.05, 3.63) is 0 Å². The minimum atomic E-state index is -0.294. The molecule has 5 nitrogen and oxygen atoms in total. The third kappa shape index (κ3) is 2.35. The summed E-state index contributed by atoms with van der Waals surface area (Å²) in [5.41, 5.74) is 2.19. The topological polar surface area (TPSA) is 59.6 Å². The highest BCUT2D eigenvalue weighted by Crippen LogP contribution is 2.22. The van der Waals surface area contributed by atoms with Crippen molar-refractivity contribution in [3.8, 4) is 0 Å². The van der Waals surface area contributed by atoms with E-state index in [1.807, 2.05) is 0 Å². The van der Waals surface area contributed by atoms with Crippen LogP contribution in [0.4, 0.5) is 4.79 Å². The van der Waals surface area contributed by atoms with E-state index in [-0.39, 0.29) is 12.1 Å². The molecule has 0 saturated heterocycles. The van der Waals surface area contributed by atoms with Crippen LogP contribution < -0.4 is 10.8 Å². The zero-order valence-corrected chi connectivity index (χ0v) is 7.29. The smallest absolute Gasteiger partial charge is 0.338 e. The van der Waals surface area contributed by atoms with Crippen LogP contribution in [0.1, 0.15) is 12.8 Å². The molecule has 2 amide bonds. The van der Waals surface area contributed by atoms with Crippen LogP contribution in [-0.2, 0) is 9.57 Å². The molecule has 1 saturated carbocycles. The van der Waals surface area contributed by atoms with Crippen molar-refractivity contribution in [1.29, 1.82) is 0 Å². The highest BCUT2D eigenvalue weighted by Gasteiger charge is 2.29. The first kappa shape index (κ1) is 9.28. The lowest BCUT2D eigenvalue weighted by molar-refractivity contribution is 0.0178. The van der Waals surface area contributed by atoms with Gasteiger partial charge in [-0.2, -0.15) is 0 Å².